The Kier molecular flexibility index (Phi) is 5.26. The van der Waals surface area contributed by atoms with Gasteiger partial charge in [-0.15, -0.1) is 10.2 Å². The normalized spacial score (nSPS) is 10.8. The van der Waals surface area contributed by atoms with Gasteiger partial charge in [0, 0.05) is 24.9 Å². The number of rotatable bonds is 7. The van der Waals surface area contributed by atoms with Gasteiger partial charge in [-0.3, -0.25) is 4.68 Å². The van der Waals surface area contributed by atoms with Crippen molar-refractivity contribution in [3.63, 3.8) is 0 Å². The number of hydrogen-bond donors (Lipinski definition) is 0. The Morgan fingerprint density at radius 2 is 2.09 bits per heavy atom. The van der Waals surface area contributed by atoms with Gasteiger partial charge < -0.3 is 9.26 Å². The van der Waals surface area contributed by atoms with Crippen molar-refractivity contribution in [2.75, 3.05) is 0 Å². The topological polar surface area (TPSA) is 146 Å². The first-order valence-corrected chi connectivity index (χ1v) is 9.83. The Morgan fingerprint density at radius 1 is 1.15 bits per heavy atom. The van der Waals surface area contributed by atoms with Gasteiger partial charge in [-0.25, -0.2) is 4.98 Å². The van der Waals surface area contributed by atoms with Gasteiger partial charge in [-0.05, 0) is 22.9 Å². The molecule has 5 rings (SSSR count). The van der Waals surface area contributed by atoms with Crippen LogP contribution in [0.4, 0.5) is 0 Å². The predicted octanol–water partition coefficient (Wildman–Crippen LogP) is 2.02. The maximum Gasteiger partial charge on any atom is 0.261 e. The molecule has 12 nitrogen and oxygen atoms in total. The lowest BCUT2D eigenvalue weighted by Crippen LogP contribution is -2.05. The first-order chi connectivity index (χ1) is 16.2. The molecule has 0 aliphatic carbocycles. The molecule has 4 heterocycles. The van der Waals surface area contributed by atoms with Gasteiger partial charge in [0.1, 0.15) is 12.7 Å². The molecule has 0 aliphatic rings. The summed E-state index contributed by atoms with van der Waals surface area (Å²) < 4.78 is 13.0. The lowest BCUT2D eigenvalue weighted by Gasteiger charge is -2.06. The fraction of sp³-hybridized carbons (Fsp3) is 0.143. The van der Waals surface area contributed by atoms with Crippen LogP contribution in [-0.4, -0.2) is 45.1 Å². The fourth-order valence-electron chi connectivity index (χ4n) is 3.17. The van der Waals surface area contributed by atoms with E-state index in [2.05, 4.69) is 35.6 Å². The molecule has 0 N–H and O–H groups in total. The Hall–Kier alpha value is -4.92. The lowest BCUT2D eigenvalue weighted by atomic mass is 10.1. The van der Waals surface area contributed by atoms with Crippen molar-refractivity contribution in [3.8, 4) is 34.8 Å². The van der Waals surface area contributed by atoms with Crippen LogP contribution in [0.15, 0.2) is 59.6 Å². The zero-order chi connectivity index (χ0) is 22.6. The standard InChI is InChI=1S/C21H16N10O2/c1-30-18(12-32-19-6-5-15(8-22)9-23-19)17(10-25-30)21-27-20(28-33-21)16-4-2-3-14(7-16)11-31-26-13-24-29-31/h2-7,9-10,13H,11-12H2,1H3. The number of aryl methyl sites for hydroxylation is 1. The van der Waals surface area contributed by atoms with Crippen LogP contribution in [0.2, 0.25) is 0 Å². The third-order valence-electron chi connectivity index (χ3n) is 4.84. The monoisotopic (exact) mass is 440 g/mol. The number of nitriles is 1. The van der Waals surface area contributed by atoms with Crippen LogP contribution in [0, 0.1) is 11.3 Å². The molecule has 33 heavy (non-hydrogen) atoms. The van der Waals surface area contributed by atoms with Crippen LogP contribution in [-0.2, 0) is 20.2 Å². The number of benzene rings is 1. The number of hydrogen-bond acceptors (Lipinski definition) is 10. The summed E-state index contributed by atoms with van der Waals surface area (Å²) in [6.07, 6.45) is 4.49. The quantitative estimate of drug-likeness (QED) is 0.368. The van der Waals surface area contributed by atoms with Gasteiger partial charge in [0.05, 0.1) is 29.6 Å². The zero-order valence-electron chi connectivity index (χ0n) is 17.4. The van der Waals surface area contributed by atoms with Crippen LogP contribution < -0.4 is 4.74 Å². The van der Waals surface area contributed by atoms with E-state index in [9.17, 15) is 0 Å². The maximum atomic E-state index is 8.89. The summed E-state index contributed by atoms with van der Waals surface area (Å²) in [7, 11) is 1.80. The van der Waals surface area contributed by atoms with Crippen molar-refractivity contribution in [3.05, 3.63) is 71.9 Å². The second kappa shape index (κ2) is 8.67. The lowest BCUT2D eigenvalue weighted by molar-refractivity contribution is 0.283. The summed E-state index contributed by atoms with van der Waals surface area (Å²) in [4.78, 5) is 10.2. The first-order valence-electron chi connectivity index (χ1n) is 9.83. The molecule has 0 amide bonds. The van der Waals surface area contributed by atoms with E-state index in [0.29, 0.717) is 35.3 Å². The number of nitrogens with zero attached hydrogens (tertiary/aromatic N) is 10. The van der Waals surface area contributed by atoms with E-state index < -0.39 is 0 Å². The summed E-state index contributed by atoms with van der Waals surface area (Å²) in [6, 6.07) is 13.0. The summed E-state index contributed by atoms with van der Waals surface area (Å²) in [5.74, 6) is 1.17. The van der Waals surface area contributed by atoms with Gasteiger partial charge in [0.2, 0.25) is 11.7 Å². The number of ether oxygens (including phenoxy) is 1. The molecule has 0 bridgehead atoms. The van der Waals surface area contributed by atoms with Crippen LogP contribution in [0.1, 0.15) is 16.8 Å². The third-order valence-corrected chi connectivity index (χ3v) is 4.84. The van der Waals surface area contributed by atoms with E-state index in [1.165, 1.54) is 17.3 Å². The second-order valence-corrected chi connectivity index (χ2v) is 7.00. The second-order valence-electron chi connectivity index (χ2n) is 7.00. The van der Waals surface area contributed by atoms with Crippen molar-refractivity contribution < 1.29 is 9.26 Å². The third kappa shape index (κ3) is 4.28. The molecule has 0 aliphatic heterocycles. The van der Waals surface area contributed by atoms with E-state index in [0.717, 1.165) is 16.8 Å². The average molecular weight is 440 g/mol. The molecule has 0 spiro atoms. The van der Waals surface area contributed by atoms with Crippen LogP contribution in [0.5, 0.6) is 5.88 Å². The Morgan fingerprint density at radius 3 is 2.88 bits per heavy atom. The SMILES string of the molecule is Cn1ncc(-c2nc(-c3cccc(Cn4ncnn4)c3)no2)c1COc1ccc(C#N)cn1. The first kappa shape index (κ1) is 20.0. The van der Waals surface area contributed by atoms with Crippen molar-refractivity contribution in [2.24, 2.45) is 7.05 Å². The molecule has 4 aromatic heterocycles. The molecular formula is C21H16N10O2. The van der Waals surface area contributed by atoms with Crippen LogP contribution in [0.25, 0.3) is 22.8 Å². The Labute approximate surface area is 187 Å². The largest absolute Gasteiger partial charge is 0.471 e. The van der Waals surface area contributed by atoms with Crippen LogP contribution in [0.3, 0.4) is 0 Å². The minimum absolute atomic E-state index is 0.183. The molecule has 0 unspecified atom stereocenters. The minimum Gasteiger partial charge on any atom is -0.471 e. The molecule has 162 valence electrons. The van der Waals surface area contributed by atoms with Gasteiger partial charge >= 0.3 is 0 Å². The summed E-state index contributed by atoms with van der Waals surface area (Å²) in [5, 5.41) is 28.9. The molecule has 1 aromatic carbocycles. The molecule has 0 fully saturated rings. The van der Waals surface area contributed by atoms with E-state index in [-0.39, 0.29) is 6.61 Å². The molecule has 5 aromatic rings. The van der Waals surface area contributed by atoms with Gasteiger partial charge in [0.25, 0.3) is 5.89 Å². The van der Waals surface area contributed by atoms with Crippen LogP contribution >= 0.6 is 0 Å². The molecule has 12 heteroatoms. The van der Waals surface area contributed by atoms with Crippen molar-refractivity contribution >= 4 is 0 Å². The molecule has 0 atom stereocenters. The number of pyridine rings is 1. The van der Waals surface area contributed by atoms with Crippen molar-refractivity contribution in [1.29, 1.82) is 5.26 Å². The predicted molar refractivity (Wildman–Crippen MR) is 112 cm³/mol. The Balaban J connectivity index is 1.35. The van der Waals surface area contributed by atoms with Gasteiger partial charge in [0.15, 0.2) is 6.33 Å². The van der Waals surface area contributed by atoms with Crippen molar-refractivity contribution in [1.82, 2.24) is 45.1 Å². The molecule has 0 saturated carbocycles. The summed E-state index contributed by atoms with van der Waals surface area (Å²) >= 11 is 0. The smallest absolute Gasteiger partial charge is 0.261 e. The highest BCUT2D eigenvalue weighted by Gasteiger charge is 2.19. The minimum atomic E-state index is 0.183. The molecule has 0 radical (unpaired) electrons. The van der Waals surface area contributed by atoms with E-state index in [4.69, 9.17) is 14.5 Å². The highest BCUT2D eigenvalue weighted by atomic mass is 16.5. The highest BCUT2D eigenvalue weighted by Crippen LogP contribution is 2.26. The fourth-order valence-corrected chi connectivity index (χ4v) is 3.17. The van der Waals surface area contributed by atoms with E-state index in [1.807, 2.05) is 30.3 Å². The number of aromatic nitrogens is 9. The molecule has 0 saturated heterocycles. The maximum absolute atomic E-state index is 8.89. The Bertz CT molecular complexity index is 1410. The average Bonchev–Trinajstić information content (AvgIpc) is 3.60. The summed E-state index contributed by atoms with van der Waals surface area (Å²) in [5.41, 5.74) is 3.63. The molecular weight excluding hydrogens is 424 g/mol. The summed E-state index contributed by atoms with van der Waals surface area (Å²) in [6.45, 7) is 0.662. The highest BCUT2D eigenvalue weighted by molar-refractivity contribution is 5.61. The van der Waals surface area contributed by atoms with E-state index in [1.54, 1.807) is 30.1 Å². The van der Waals surface area contributed by atoms with Gasteiger partial charge in [-0.2, -0.15) is 20.1 Å². The van der Waals surface area contributed by atoms with Gasteiger partial charge in [-0.1, -0.05) is 23.4 Å². The van der Waals surface area contributed by atoms with Crippen molar-refractivity contribution in [2.45, 2.75) is 13.2 Å². The zero-order valence-corrected chi connectivity index (χ0v) is 17.4. The van der Waals surface area contributed by atoms with E-state index >= 15 is 0 Å². The number of tetrazole rings is 1.